The van der Waals surface area contributed by atoms with Gasteiger partial charge in [-0.2, -0.15) is 5.10 Å². The van der Waals surface area contributed by atoms with Gasteiger partial charge in [0.15, 0.2) is 11.5 Å². The summed E-state index contributed by atoms with van der Waals surface area (Å²) in [4.78, 5) is 16.2. The van der Waals surface area contributed by atoms with E-state index in [9.17, 15) is 9.90 Å². The number of carbonyl (C=O) groups is 1. The van der Waals surface area contributed by atoms with E-state index in [-0.39, 0.29) is 12.0 Å². The molecule has 2 aromatic heterocycles. The number of methoxy groups -OCH3 is 1. The molecule has 9 heteroatoms. The smallest absolute Gasteiger partial charge is 0.266 e. The number of benzene rings is 2. The van der Waals surface area contributed by atoms with Crippen LogP contribution in [0.1, 0.15) is 39.3 Å². The predicted octanol–water partition coefficient (Wildman–Crippen LogP) is 5.20. The van der Waals surface area contributed by atoms with E-state index in [0.717, 1.165) is 60.2 Å². The van der Waals surface area contributed by atoms with Crippen LogP contribution >= 0.6 is 11.3 Å². The summed E-state index contributed by atoms with van der Waals surface area (Å²) >= 11 is 1.40. The molecule has 2 aromatic carbocycles. The van der Waals surface area contributed by atoms with Gasteiger partial charge in [0.1, 0.15) is 6.61 Å². The van der Waals surface area contributed by atoms with Crippen molar-refractivity contribution in [1.29, 1.82) is 0 Å². The maximum atomic E-state index is 13.2. The molecule has 1 amide bonds. The van der Waals surface area contributed by atoms with E-state index in [1.165, 1.54) is 11.3 Å². The number of aryl methyl sites for hydroxylation is 1. The standard InChI is InChI=1S/C29H32N4O4S/c1-19-13-18-38-28(19)29(35)30-26-20(7-9-24-22-5-3-4-6-23(22)31-32-24)8-10-25(27(26)36-2)37-17-16-33-14-11-21(34)12-15-33/h3-10,13,18,21,34H,11-12,14-17H2,1-2H3,(H,30,35)(H,31,32). The highest BCUT2D eigenvalue weighted by atomic mass is 32.1. The van der Waals surface area contributed by atoms with Crippen molar-refractivity contribution in [3.63, 3.8) is 0 Å². The molecule has 4 aromatic rings. The lowest BCUT2D eigenvalue weighted by molar-refractivity contribution is 0.0752. The Balaban J connectivity index is 1.42. The third-order valence-electron chi connectivity index (χ3n) is 6.81. The Morgan fingerprint density at radius 1 is 1.21 bits per heavy atom. The van der Waals surface area contributed by atoms with Gasteiger partial charge in [-0.1, -0.05) is 24.3 Å². The number of aliphatic hydroxyl groups is 1. The Kier molecular flexibility index (Phi) is 8.07. The largest absolute Gasteiger partial charge is 0.491 e. The summed E-state index contributed by atoms with van der Waals surface area (Å²) in [6.07, 6.45) is 5.21. The molecule has 0 aliphatic carbocycles. The van der Waals surface area contributed by atoms with Crippen molar-refractivity contribution in [1.82, 2.24) is 15.1 Å². The molecule has 0 radical (unpaired) electrons. The number of hydrogen-bond acceptors (Lipinski definition) is 7. The highest BCUT2D eigenvalue weighted by molar-refractivity contribution is 7.12. The number of amides is 1. The van der Waals surface area contributed by atoms with E-state index in [1.54, 1.807) is 7.11 Å². The number of anilines is 1. The second kappa shape index (κ2) is 11.8. The average Bonchev–Trinajstić information content (AvgIpc) is 3.55. The van der Waals surface area contributed by atoms with Crippen LogP contribution in [-0.2, 0) is 0 Å². The first-order valence-corrected chi connectivity index (χ1v) is 13.6. The summed E-state index contributed by atoms with van der Waals surface area (Å²) in [5.74, 6) is 0.834. The van der Waals surface area contributed by atoms with E-state index in [4.69, 9.17) is 9.47 Å². The highest BCUT2D eigenvalue weighted by Crippen LogP contribution is 2.40. The topological polar surface area (TPSA) is 99.7 Å². The second-order valence-corrected chi connectivity index (χ2v) is 10.3. The quantitative estimate of drug-likeness (QED) is 0.274. The fourth-order valence-corrected chi connectivity index (χ4v) is 5.47. The minimum absolute atomic E-state index is 0.195. The van der Waals surface area contributed by atoms with Crippen molar-refractivity contribution < 1.29 is 19.4 Å². The maximum Gasteiger partial charge on any atom is 0.266 e. The summed E-state index contributed by atoms with van der Waals surface area (Å²) in [5, 5.41) is 23.2. The summed E-state index contributed by atoms with van der Waals surface area (Å²) in [5.41, 5.74) is 4.00. The van der Waals surface area contributed by atoms with Gasteiger partial charge in [0.05, 0.1) is 35.0 Å². The molecule has 3 heterocycles. The van der Waals surface area contributed by atoms with Crippen molar-refractivity contribution in [2.45, 2.75) is 25.9 Å². The lowest BCUT2D eigenvalue weighted by Crippen LogP contribution is -2.38. The molecule has 1 aliphatic heterocycles. The number of hydrogen-bond donors (Lipinski definition) is 3. The molecule has 0 spiro atoms. The van der Waals surface area contributed by atoms with Crippen LogP contribution in [0.4, 0.5) is 5.69 Å². The van der Waals surface area contributed by atoms with Gasteiger partial charge in [-0.05, 0) is 61.1 Å². The monoisotopic (exact) mass is 532 g/mol. The fraction of sp³-hybridized carbons (Fsp3) is 0.310. The Morgan fingerprint density at radius 3 is 2.79 bits per heavy atom. The molecule has 1 saturated heterocycles. The van der Waals surface area contributed by atoms with Crippen LogP contribution in [0, 0.1) is 6.92 Å². The second-order valence-electron chi connectivity index (χ2n) is 9.36. The first-order valence-electron chi connectivity index (χ1n) is 12.7. The van der Waals surface area contributed by atoms with Crippen LogP contribution < -0.4 is 14.8 Å². The zero-order chi connectivity index (χ0) is 26.5. The van der Waals surface area contributed by atoms with Crippen molar-refractivity contribution >= 4 is 46.0 Å². The fourth-order valence-electron chi connectivity index (χ4n) is 4.65. The number of aromatic amines is 1. The van der Waals surface area contributed by atoms with E-state index in [1.807, 2.05) is 66.9 Å². The van der Waals surface area contributed by atoms with Gasteiger partial charge < -0.3 is 19.9 Å². The van der Waals surface area contributed by atoms with Crippen molar-refractivity contribution in [3.05, 3.63) is 69.5 Å². The molecule has 3 N–H and O–H groups in total. The number of nitrogens with one attached hydrogen (secondary N) is 2. The normalized spacial score (nSPS) is 14.8. The number of likely N-dealkylation sites (tertiary alicyclic amines) is 1. The number of carbonyl (C=O) groups excluding carboxylic acids is 1. The van der Waals surface area contributed by atoms with Gasteiger partial charge in [-0.3, -0.25) is 14.8 Å². The van der Waals surface area contributed by atoms with Gasteiger partial charge in [0, 0.05) is 30.6 Å². The molecule has 0 saturated carbocycles. The molecule has 0 bridgehead atoms. The van der Waals surface area contributed by atoms with Gasteiger partial charge in [-0.15, -0.1) is 11.3 Å². The van der Waals surface area contributed by atoms with E-state index in [0.29, 0.717) is 28.7 Å². The third-order valence-corrected chi connectivity index (χ3v) is 7.82. The maximum absolute atomic E-state index is 13.2. The summed E-state index contributed by atoms with van der Waals surface area (Å²) in [6, 6.07) is 13.7. The van der Waals surface area contributed by atoms with E-state index >= 15 is 0 Å². The summed E-state index contributed by atoms with van der Waals surface area (Å²) in [7, 11) is 1.58. The number of ether oxygens (including phenoxy) is 2. The molecule has 198 valence electrons. The van der Waals surface area contributed by atoms with Gasteiger partial charge in [-0.25, -0.2) is 0 Å². The number of piperidine rings is 1. The number of rotatable bonds is 9. The molecular weight excluding hydrogens is 500 g/mol. The first-order chi connectivity index (χ1) is 18.5. The Hall–Kier alpha value is -3.66. The highest BCUT2D eigenvalue weighted by Gasteiger charge is 2.21. The summed E-state index contributed by atoms with van der Waals surface area (Å²) < 4.78 is 11.9. The zero-order valence-electron chi connectivity index (χ0n) is 21.6. The molecule has 0 unspecified atom stereocenters. The number of nitrogens with zero attached hydrogens (tertiary/aromatic N) is 2. The number of H-pyrrole nitrogens is 1. The molecule has 38 heavy (non-hydrogen) atoms. The van der Waals surface area contributed by atoms with Crippen LogP contribution in [0.5, 0.6) is 11.5 Å². The van der Waals surface area contributed by atoms with E-state index < -0.39 is 0 Å². The lowest BCUT2D eigenvalue weighted by Gasteiger charge is -2.29. The molecule has 1 fully saturated rings. The Labute approximate surface area is 225 Å². The minimum Gasteiger partial charge on any atom is -0.491 e. The van der Waals surface area contributed by atoms with Crippen LogP contribution in [0.2, 0.25) is 0 Å². The average molecular weight is 533 g/mol. The molecule has 0 atom stereocenters. The predicted molar refractivity (Wildman–Crippen MR) is 152 cm³/mol. The molecule has 5 rings (SSSR count). The number of aliphatic hydroxyl groups excluding tert-OH is 1. The zero-order valence-corrected chi connectivity index (χ0v) is 22.4. The number of fused-ring (bicyclic) bond motifs is 1. The lowest BCUT2D eigenvalue weighted by atomic mass is 10.1. The SMILES string of the molecule is COc1c(OCCN2CCC(O)CC2)ccc(C=Cc2n[nH]c3ccccc23)c1NC(=O)c1sccc1C. The third kappa shape index (κ3) is 5.75. The first kappa shape index (κ1) is 26.0. The van der Waals surface area contributed by atoms with Gasteiger partial charge in [0.25, 0.3) is 5.91 Å². The van der Waals surface area contributed by atoms with Crippen molar-refractivity contribution in [3.8, 4) is 11.5 Å². The number of aromatic nitrogens is 2. The number of para-hydroxylation sites is 1. The van der Waals surface area contributed by atoms with Crippen LogP contribution in [-0.4, -0.2) is 65.6 Å². The van der Waals surface area contributed by atoms with Gasteiger partial charge in [0.2, 0.25) is 0 Å². The minimum atomic E-state index is -0.203. The number of thiophene rings is 1. The van der Waals surface area contributed by atoms with E-state index in [2.05, 4.69) is 20.4 Å². The van der Waals surface area contributed by atoms with Crippen LogP contribution in [0.25, 0.3) is 23.1 Å². The molecular formula is C29H32N4O4S. The van der Waals surface area contributed by atoms with Crippen LogP contribution in [0.3, 0.4) is 0 Å². The van der Waals surface area contributed by atoms with Crippen molar-refractivity contribution in [2.24, 2.45) is 0 Å². The molecule has 1 aliphatic rings. The van der Waals surface area contributed by atoms with Gasteiger partial charge >= 0.3 is 0 Å². The van der Waals surface area contributed by atoms with Crippen LogP contribution in [0.15, 0.2) is 47.8 Å². The molecule has 8 nitrogen and oxygen atoms in total. The Morgan fingerprint density at radius 2 is 2.03 bits per heavy atom. The van der Waals surface area contributed by atoms with Crippen molar-refractivity contribution in [2.75, 3.05) is 38.7 Å². The Bertz CT molecular complexity index is 1440. The summed E-state index contributed by atoms with van der Waals surface area (Å²) in [6.45, 7) is 4.85.